The predicted molar refractivity (Wildman–Crippen MR) is 79.5 cm³/mol. The summed E-state index contributed by atoms with van der Waals surface area (Å²) in [6.07, 6.45) is 3.34. The van der Waals surface area contributed by atoms with Crippen molar-refractivity contribution in [1.29, 1.82) is 5.26 Å². The minimum atomic E-state index is -3.35. The molecule has 5 nitrogen and oxygen atoms in total. The third kappa shape index (κ3) is 4.03. The Kier molecular flexibility index (Phi) is 5.34. The molecule has 0 bridgehead atoms. The molecule has 1 aliphatic carbocycles. The van der Waals surface area contributed by atoms with Crippen molar-refractivity contribution in [2.45, 2.75) is 30.2 Å². The van der Waals surface area contributed by atoms with Crippen LogP contribution in [0, 0.1) is 11.3 Å². The van der Waals surface area contributed by atoms with E-state index in [0.717, 1.165) is 12.8 Å². The first kappa shape index (κ1) is 16.0. The number of aliphatic hydroxyl groups excluding tert-OH is 1. The number of rotatable bonds is 7. The van der Waals surface area contributed by atoms with E-state index in [1.165, 1.54) is 30.7 Å². The molecule has 1 aliphatic rings. The average molecular weight is 308 g/mol. The van der Waals surface area contributed by atoms with Gasteiger partial charge in [-0.2, -0.15) is 5.26 Å². The van der Waals surface area contributed by atoms with Crippen molar-refractivity contribution < 1.29 is 13.5 Å². The van der Waals surface area contributed by atoms with E-state index in [1.54, 1.807) is 0 Å². The molecule has 0 aromatic heterocycles. The van der Waals surface area contributed by atoms with Gasteiger partial charge in [0.15, 0.2) is 9.84 Å². The predicted octanol–water partition coefficient (Wildman–Crippen LogP) is 1.18. The molecule has 1 aromatic carbocycles. The summed E-state index contributed by atoms with van der Waals surface area (Å²) in [6.45, 7) is 1.01. The standard InChI is InChI=1S/C15H20N2O3S/c16-12-13-4-6-15(7-5-13)21(19,20)11-9-17(8-10-18)14-2-1-3-14/h4-7,14,18H,1-3,8-11H2. The van der Waals surface area contributed by atoms with Crippen LogP contribution in [0.15, 0.2) is 29.2 Å². The van der Waals surface area contributed by atoms with Gasteiger partial charge in [0.25, 0.3) is 0 Å². The first-order valence-corrected chi connectivity index (χ1v) is 8.80. The molecule has 1 N–H and O–H groups in total. The van der Waals surface area contributed by atoms with Crippen LogP contribution in [0.3, 0.4) is 0 Å². The lowest BCUT2D eigenvalue weighted by atomic mass is 9.91. The van der Waals surface area contributed by atoms with Gasteiger partial charge in [0.05, 0.1) is 28.9 Å². The highest BCUT2D eigenvalue weighted by atomic mass is 32.2. The molecular formula is C15H20N2O3S. The van der Waals surface area contributed by atoms with Gasteiger partial charge in [-0.3, -0.25) is 4.90 Å². The lowest BCUT2D eigenvalue weighted by Gasteiger charge is -2.37. The molecule has 114 valence electrons. The molecule has 0 saturated heterocycles. The van der Waals surface area contributed by atoms with E-state index < -0.39 is 9.84 Å². The van der Waals surface area contributed by atoms with Gasteiger partial charge in [-0.05, 0) is 37.1 Å². The van der Waals surface area contributed by atoms with E-state index in [4.69, 9.17) is 10.4 Å². The van der Waals surface area contributed by atoms with Crippen molar-refractivity contribution in [3.8, 4) is 6.07 Å². The number of nitriles is 1. The molecule has 1 fully saturated rings. The number of aliphatic hydroxyl groups is 1. The number of hydrogen-bond donors (Lipinski definition) is 1. The summed E-state index contributed by atoms with van der Waals surface area (Å²) in [6, 6.07) is 8.38. The molecule has 0 atom stereocenters. The van der Waals surface area contributed by atoms with Crippen molar-refractivity contribution in [3.63, 3.8) is 0 Å². The first-order valence-electron chi connectivity index (χ1n) is 7.14. The van der Waals surface area contributed by atoms with Crippen molar-refractivity contribution >= 4 is 9.84 Å². The van der Waals surface area contributed by atoms with Gasteiger partial charge in [-0.15, -0.1) is 0 Å². The molecule has 0 radical (unpaired) electrons. The Balaban J connectivity index is 2.00. The Hall–Kier alpha value is -1.42. The summed E-state index contributed by atoms with van der Waals surface area (Å²) >= 11 is 0. The van der Waals surface area contributed by atoms with Gasteiger partial charge in [-0.1, -0.05) is 6.42 Å². The molecule has 2 rings (SSSR count). The Morgan fingerprint density at radius 1 is 1.24 bits per heavy atom. The molecule has 1 saturated carbocycles. The summed E-state index contributed by atoms with van der Waals surface area (Å²) in [5.74, 6) is 0.0371. The molecule has 0 aliphatic heterocycles. The maximum atomic E-state index is 12.3. The number of benzene rings is 1. The van der Waals surface area contributed by atoms with Gasteiger partial charge in [0, 0.05) is 19.1 Å². The Morgan fingerprint density at radius 2 is 1.90 bits per heavy atom. The highest BCUT2D eigenvalue weighted by Crippen LogP contribution is 2.24. The van der Waals surface area contributed by atoms with E-state index in [0.29, 0.717) is 24.7 Å². The first-order chi connectivity index (χ1) is 10.1. The summed E-state index contributed by atoms with van der Waals surface area (Å²) < 4.78 is 24.6. The van der Waals surface area contributed by atoms with Crippen LogP contribution in [-0.4, -0.2) is 49.9 Å². The summed E-state index contributed by atoms with van der Waals surface area (Å²) in [5, 5.41) is 17.8. The van der Waals surface area contributed by atoms with E-state index >= 15 is 0 Å². The quantitative estimate of drug-likeness (QED) is 0.818. The maximum Gasteiger partial charge on any atom is 0.179 e. The Morgan fingerprint density at radius 3 is 2.38 bits per heavy atom. The highest BCUT2D eigenvalue weighted by molar-refractivity contribution is 7.91. The zero-order valence-corrected chi connectivity index (χ0v) is 12.7. The smallest absolute Gasteiger partial charge is 0.179 e. The van der Waals surface area contributed by atoms with Crippen LogP contribution in [0.25, 0.3) is 0 Å². The second-order valence-corrected chi connectivity index (χ2v) is 7.41. The molecular weight excluding hydrogens is 288 g/mol. The molecule has 1 aromatic rings. The fourth-order valence-corrected chi connectivity index (χ4v) is 3.71. The zero-order valence-electron chi connectivity index (χ0n) is 11.9. The molecule has 0 heterocycles. The van der Waals surface area contributed by atoms with Crippen LogP contribution >= 0.6 is 0 Å². The number of nitrogens with zero attached hydrogens (tertiary/aromatic N) is 2. The molecule has 6 heteroatoms. The minimum absolute atomic E-state index is 0.0371. The third-order valence-electron chi connectivity index (χ3n) is 3.97. The fraction of sp³-hybridized carbons (Fsp3) is 0.533. The Labute approximate surface area is 125 Å². The van der Waals surface area contributed by atoms with E-state index in [1.807, 2.05) is 6.07 Å². The van der Waals surface area contributed by atoms with Gasteiger partial charge in [0.1, 0.15) is 0 Å². The molecule has 0 unspecified atom stereocenters. The molecule has 0 amide bonds. The average Bonchev–Trinajstić information content (AvgIpc) is 2.43. The third-order valence-corrected chi connectivity index (χ3v) is 5.68. The van der Waals surface area contributed by atoms with Gasteiger partial charge < -0.3 is 5.11 Å². The minimum Gasteiger partial charge on any atom is -0.395 e. The van der Waals surface area contributed by atoms with Crippen molar-refractivity contribution in [2.75, 3.05) is 25.4 Å². The van der Waals surface area contributed by atoms with Crippen LogP contribution in [0.5, 0.6) is 0 Å². The lowest BCUT2D eigenvalue weighted by molar-refractivity contribution is 0.108. The van der Waals surface area contributed by atoms with Crippen LogP contribution in [0.2, 0.25) is 0 Å². The summed E-state index contributed by atoms with van der Waals surface area (Å²) in [4.78, 5) is 2.31. The van der Waals surface area contributed by atoms with Gasteiger partial charge in [0.2, 0.25) is 0 Å². The van der Waals surface area contributed by atoms with E-state index in [2.05, 4.69) is 4.90 Å². The number of sulfone groups is 1. The lowest BCUT2D eigenvalue weighted by Crippen LogP contribution is -2.44. The molecule has 0 spiro atoms. The topological polar surface area (TPSA) is 81.4 Å². The van der Waals surface area contributed by atoms with Crippen molar-refractivity contribution in [1.82, 2.24) is 4.90 Å². The van der Waals surface area contributed by atoms with E-state index in [9.17, 15) is 8.42 Å². The molecule has 21 heavy (non-hydrogen) atoms. The summed E-state index contributed by atoms with van der Waals surface area (Å²) in [7, 11) is -3.35. The van der Waals surface area contributed by atoms with Crippen molar-refractivity contribution in [3.05, 3.63) is 29.8 Å². The second kappa shape index (κ2) is 7.03. The SMILES string of the molecule is N#Cc1ccc(S(=O)(=O)CCN(CCO)C2CCC2)cc1. The monoisotopic (exact) mass is 308 g/mol. The maximum absolute atomic E-state index is 12.3. The van der Waals surface area contributed by atoms with Crippen LogP contribution in [0.4, 0.5) is 0 Å². The van der Waals surface area contributed by atoms with Gasteiger partial charge >= 0.3 is 0 Å². The summed E-state index contributed by atoms with van der Waals surface area (Å²) in [5.41, 5.74) is 0.449. The number of hydrogen-bond acceptors (Lipinski definition) is 5. The largest absolute Gasteiger partial charge is 0.395 e. The van der Waals surface area contributed by atoms with Gasteiger partial charge in [-0.25, -0.2) is 8.42 Å². The second-order valence-electron chi connectivity index (χ2n) is 5.30. The van der Waals surface area contributed by atoms with Crippen LogP contribution in [0.1, 0.15) is 24.8 Å². The fourth-order valence-electron chi connectivity index (χ4n) is 2.45. The van der Waals surface area contributed by atoms with E-state index in [-0.39, 0.29) is 17.3 Å². The van der Waals surface area contributed by atoms with Crippen LogP contribution < -0.4 is 0 Å². The highest BCUT2D eigenvalue weighted by Gasteiger charge is 2.26. The Bertz CT molecular complexity index is 601. The van der Waals surface area contributed by atoms with Crippen molar-refractivity contribution in [2.24, 2.45) is 0 Å². The normalized spacial score (nSPS) is 15.7. The van der Waals surface area contributed by atoms with Crippen LogP contribution in [-0.2, 0) is 9.84 Å². The zero-order chi connectivity index (χ0) is 15.3.